The summed E-state index contributed by atoms with van der Waals surface area (Å²) in [6, 6.07) is 4.12. The molecule has 2 aliphatic rings. The number of hydrogen-bond donors (Lipinski definition) is 3. The van der Waals surface area contributed by atoms with E-state index < -0.39 is 0 Å². The van der Waals surface area contributed by atoms with Gasteiger partial charge < -0.3 is 20.2 Å². The third kappa shape index (κ3) is 4.41. The van der Waals surface area contributed by atoms with Crippen molar-refractivity contribution in [2.24, 2.45) is 5.92 Å². The van der Waals surface area contributed by atoms with Gasteiger partial charge in [0.1, 0.15) is 5.65 Å². The second-order valence-electron chi connectivity index (χ2n) is 9.14. The fourth-order valence-corrected chi connectivity index (χ4v) is 5.23. The van der Waals surface area contributed by atoms with E-state index in [1.54, 1.807) is 23.4 Å². The van der Waals surface area contributed by atoms with Gasteiger partial charge >= 0.3 is 0 Å². The van der Waals surface area contributed by atoms with Crippen LogP contribution in [-0.2, 0) is 9.59 Å². The standard InChI is InChI=1S/C26H29N7O2/c1-2-24(34)32-11-6-17(7-12-32)26(35)33-13-8-18(16-33)23-14-20-19(5-10-28-25(20)30-23)21-15-29-31-22(21)4-3-9-27/h2-5,9-10,14-15,17-18,27H,1,6-8,11-13,16H2,(H,28,30)(H,29,31)/b4-3-,27-9?. The van der Waals surface area contributed by atoms with Gasteiger partial charge in [0.05, 0.1) is 11.9 Å². The zero-order chi connectivity index (χ0) is 24.4. The fraction of sp³-hybridized carbons (Fsp3) is 0.346. The smallest absolute Gasteiger partial charge is 0.245 e. The minimum absolute atomic E-state index is 0.0212. The van der Waals surface area contributed by atoms with E-state index in [4.69, 9.17) is 5.41 Å². The molecule has 1 atom stereocenters. The Kier molecular flexibility index (Phi) is 6.31. The van der Waals surface area contributed by atoms with Gasteiger partial charge in [-0.2, -0.15) is 5.10 Å². The first-order chi connectivity index (χ1) is 17.1. The third-order valence-corrected chi connectivity index (χ3v) is 7.14. The number of piperidine rings is 1. The summed E-state index contributed by atoms with van der Waals surface area (Å²) in [6.07, 6.45) is 11.9. The number of pyridine rings is 1. The highest BCUT2D eigenvalue weighted by molar-refractivity contribution is 5.96. The number of carbonyl (C=O) groups excluding carboxylic acids is 2. The van der Waals surface area contributed by atoms with Crippen LogP contribution in [-0.4, -0.2) is 74.2 Å². The second kappa shape index (κ2) is 9.69. The Balaban J connectivity index is 1.30. The van der Waals surface area contributed by atoms with Gasteiger partial charge in [0.15, 0.2) is 0 Å². The maximum Gasteiger partial charge on any atom is 0.245 e. The van der Waals surface area contributed by atoms with E-state index in [9.17, 15) is 9.59 Å². The van der Waals surface area contributed by atoms with Crippen LogP contribution >= 0.6 is 0 Å². The number of aromatic nitrogens is 4. The number of hydrogen-bond acceptors (Lipinski definition) is 5. The predicted molar refractivity (Wildman–Crippen MR) is 135 cm³/mol. The van der Waals surface area contributed by atoms with Gasteiger partial charge in [0.25, 0.3) is 0 Å². The van der Waals surface area contributed by atoms with Crippen LogP contribution in [0.3, 0.4) is 0 Å². The summed E-state index contributed by atoms with van der Waals surface area (Å²) in [5.41, 5.74) is 4.70. The maximum absolute atomic E-state index is 13.2. The SMILES string of the molecule is C=CC(=O)N1CCC(C(=O)N2CCC(c3cc4c(-c5cn[nH]c5/C=C\C=N)ccnc4[nH]3)C2)CC1. The highest BCUT2D eigenvalue weighted by atomic mass is 16.2. The molecule has 5 heterocycles. The summed E-state index contributed by atoms with van der Waals surface area (Å²) in [6.45, 7) is 6.20. The molecule has 0 spiro atoms. The van der Waals surface area contributed by atoms with Gasteiger partial charge in [0.2, 0.25) is 11.8 Å². The van der Waals surface area contributed by atoms with Crippen LogP contribution in [0.5, 0.6) is 0 Å². The van der Waals surface area contributed by atoms with Crippen molar-refractivity contribution in [2.45, 2.75) is 25.2 Å². The number of nitrogens with one attached hydrogen (secondary N) is 3. The van der Waals surface area contributed by atoms with Crippen LogP contribution < -0.4 is 0 Å². The lowest BCUT2D eigenvalue weighted by Crippen LogP contribution is -2.43. The lowest BCUT2D eigenvalue weighted by Gasteiger charge is -2.32. The number of amides is 2. The predicted octanol–water partition coefficient (Wildman–Crippen LogP) is 3.36. The summed E-state index contributed by atoms with van der Waals surface area (Å²) in [5.74, 6) is 0.351. The molecule has 0 aromatic carbocycles. The Labute approximate surface area is 203 Å². The molecule has 0 bridgehead atoms. The molecule has 1 unspecified atom stereocenters. The second-order valence-corrected chi connectivity index (χ2v) is 9.14. The van der Waals surface area contributed by atoms with Gasteiger partial charge in [-0.05, 0) is 55.2 Å². The molecular formula is C26H29N7O2. The number of nitrogens with zero attached hydrogens (tertiary/aromatic N) is 4. The summed E-state index contributed by atoms with van der Waals surface area (Å²) in [7, 11) is 0. The molecule has 0 aliphatic carbocycles. The van der Waals surface area contributed by atoms with Gasteiger partial charge in [-0.3, -0.25) is 14.7 Å². The molecule has 2 aliphatic heterocycles. The number of likely N-dealkylation sites (tertiary alicyclic amines) is 2. The molecule has 35 heavy (non-hydrogen) atoms. The van der Waals surface area contributed by atoms with Crippen LogP contribution in [0.2, 0.25) is 0 Å². The van der Waals surface area contributed by atoms with Crippen molar-refractivity contribution in [1.29, 1.82) is 5.41 Å². The van der Waals surface area contributed by atoms with E-state index in [2.05, 4.69) is 32.8 Å². The summed E-state index contributed by atoms with van der Waals surface area (Å²) in [5, 5.41) is 15.4. The molecule has 0 saturated carbocycles. The van der Waals surface area contributed by atoms with Crippen molar-refractivity contribution in [3.63, 3.8) is 0 Å². The van der Waals surface area contributed by atoms with Crippen molar-refractivity contribution in [3.8, 4) is 11.1 Å². The lowest BCUT2D eigenvalue weighted by atomic mass is 9.95. The number of rotatable bonds is 6. The molecule has 2 fully saturated rings. The Morgan fingerprint density at radius 2 is 1.94 bits per heavy atom. The van der Waals surface area contributed by atoms with E-state index in [0.29, 0.717) is 32.5 Å². The molecule has 2 amide bonds. The third-order valence-electron chi connectivity index (χ3n) is 7.14. The zero-order valence-electron chi connectivity index (χ0n) is 19.5. The van der Waals surface area contributed by atoms with Crippen molar-refractivity contribution in [3.05, 3.63) is 54.6 Å². The van der Waals surface area contributed by atoms with E-state index in [-0.39, 0.29) is 23.7 Å². The first-order valence-electron chi connectivity index (χ1n) is 12.0. The molecule has 3 aromatic heterocycles. The molecule has 0 radical (unpaired) electrons. The van der Waals surface area contributed by atoms with Crippen molar-refractivity contribution in [2.75, 3.05) is 26.2 Å². The minimum atomic E-state index is -0.0581. The number of allylic oxidation sites excluding steroid dienone is 1. The van der Waals surface area contributed by atoms with Gasteiger partial charge in [-0.25, -0.2) is 4.98 Å². The highest BCUT2D eigenvalue weighted by Gasteiger charge is 2.34. The van der Waals surface area contributed by atoms with Crippen LogP contribution in [0.4, 0.5) is 0 Å². The number of fused-ring (bicyclic) bond motifs is 1. The Morgan fingerprint density at radius 1 is 1.14 bits per heavy atom. The normalized spacial score (nSPS) is 19.0. The lowest BCUT2D eigenvalue weighted by molar-refractivity contribution is -0.138. The monoisotopic (exact) mass is 471 g/mol. The minimum Gasteiger partial charge on any atom is -0.343 e. The van der Waals surface area contributed by atoms with Crippen LogP contribution in [0.1, 0.15) is 36.6 Å². The van der Waals surface area contributed by atoms with Crippen LogP contribution in [0.25, 0.3) is 28.2 Å². The molecule has 5 rings (SSSR count). The van der Waals surface area contributed by atoms with E-state index in [0.717, 1.165) is 46.5 Å². The molecule has 3 N–H and O–H groups in total. The quantitative estimate of drug-likeness (QED) is 0.377. The molecular weight excluding hydrogens is 442 g/mol. The Hall–Kier alpha value is -4.01. The van der Waals surface area contributed by atoms with Crippen LogP contribution in [0, 0.1) is 11.3 Å². The first kappa shape index (κ1) is 22.8. The summed E-state index contributed by atoms with van der Waals surface area (Å²) >= 11 is 0. The molecule has 2 saturated heterocycles. The maximum atomic E-state index is 13.2. The zero-order valence-corrected chi connectivity index (χ0v) is 19.5. The van der Waals surface area contributed by atoms with E-state index in [1.165, 1.54) is 12.3 Å². The largest absolute Gasteiger partial charge is 0.343 e. The molecule has 9 heteroatoms. The van der Waals surface area contributed by atoms with Gasteiger partial charge in [-0.15, -0.1) is 0 Å². The van der Waals surface area contributed by atoms with Crippen molar-refractivity contribution >= 4 is 35.1 Å². The summed E-state index contributed by atoms with van der Waals surface area (Å²) in [4.78, 5) is 36.8. The van der Waals surface area contributed by atoms with Gasteiger partial charge in [-0.1, -0.05) is 6.58 Å². The average molecular weight is 472 g/mol. The first-order valence-corrected chi connectivity index (χ1v) is 12.0. The van der Waals surface area contributed by atoms with Gasteiger partial charge in [0, 0.05) is 67.1 Å². The Bertz CT molecular complexity index is 1300. The molecule has 3 aromatic rings. The topological polar surface area (TPSA) is 122 Å². The highest BCUT2D eigenvalue weighted by Crippen LogP contribution is 2.35. The number of carbonyl (C=O) groups is 2. The average Bonchev–Trinajstić information content (AvgIpc) is 3.65. The van der Waals surface area contributed by atoms with E-state index in [1.807, 2.05) is 17.0 Å². The molecule has 9 nitrogen and oxygen atoms in total. The summed E-state index contributed by atoms with van der Waals surface area (Å²) < 4.78 is 0. The number of aromatic amines is 2. The molecule has 180 valence electrons. The fourth-order valence-electron chi connectivity index (χ4n) is 5.23. The number of H-pyrrole nitrogens is 2. The Morgan fingerprint density at radius 3 is 2.71 bits per heavy atom. The van der Waals surface area contributed by atoms with Crippen molar-refractivity contribution in [1.82, 2.24) is 30.0 Å². The van der Waals surface area contributed by atoms with Crippen molar-refractivity contribution < 1.29 is 9.59 Å². The van der Waals surface area contributed by atoms with E-state index >= 15 is 0 Å². The van der Waals surface area contributed by atoms with Crippen LogP contribution in [0.15, 0.2) is 43.3 Å².